The van der Waals surface area contributed by atoms with Gasteiger partial charge in [0.05, 0.1) is 5.56 Å². The average molecular weight is 404 g/mol. The van der Waals surface area contributed by atoms with Gasteiger partial charge in [-0.2, -0.15) is 13.2 Å². The van der Waals surface area contributed by atoms with E-state index in [4.69, 9.17) is 4.74 Å². The Balaban J connectivity index is 2.07. The van der Waals surface area contributed by atoms with Crippen molar-refractivity contribution in [1.29, 1.82) is 0 Å². The summed E-state index contributed by atoms with van der Waals surface area (Å²) in [4.78, 5) is 26.1. The summed E-state index contributed by atoms with van der Waals surface area (Å²) in [7, 11) is 0. The first kappa shape index (κ1) is 21.2. The van der Waals surface area contributed by atoms with Crippen LogP contribution >= 0.6 is 0 Å². The van der Waals surface area contributed by atoms with Gasteiger partial charge in [-0.15, -0.1) is 0 Å². The quantitative estimate of drug-likeness (QED) is 0.622. The molecular weight excluding hydrogens is 381 g/mol. The zero-order valence-electron chi connectivity index (χ0n) is 17.0. The lowest BCUT2D eigenvalue weighted by Gasteiger charge is -2.43. The number of rotatable bonds is 2. The highest BCUT2D eigenvalue weighted by Crippen LogP contribution is 2.40. The maximum absolute atomic E-state index is 13.0. The number of halogens is 3. The lowest BCUT2D eigenvalue weighted by atomic mass is 9.73. The van der Waals surface area contributed by atoms with E-state index < -0.39 is 28.9 Å². The summed E-state index contributed by atoms with van der Waals surface area (Å²) in [6.07, 6.45) is -4.41. The Morgan fingerprint density at radius 3 is 1.79 bits per heavy atom. The van der Waals surface area contributed by atoms with Crippen LogP contribution in [0.2, 0.25) is 0 Å². The lowest BCUT2D eigenvalue weighted by Crippen LogP contribution is -2.58. The van der Waals surface area contributed by atoms with Crippen LogP contribution < -0.4 is 0 Å². The van der Waals surface area contributed by atoms with Crippen LogP contribution in [0.3, 0.4) is 0 Å². The normalized spacial score (nSPS) is 19.4. The smallest absolute Gasteiger partial charge is 0.354 e. The van der Waals surface area contributed by atoms with Crippen LogP contribution in [0.5, 0.6) is 0 Å². The molecule has 0 aromatic heterocycles. The molecule has 0 bridgehead atoms. The van der Waals surface area contributed by atoms with E-state index in [9.17, 15) is 22.8 Å². The van der Waals surface area contributed by atoms with Gasteiger partial charge < -0.3 is 4.74 Å². The van der Waals surface area contributed by atoms with Crippen molar-refractivity contribution < 1.29 is 27.5 Å². The topological polar surface area (TPSA) is 43.4 Å². The monoisotopic (exact) mass is 404 g/mol. The molecule has 29 heavy (non-hydrogen) atoms. The molecule has 0 N–H and O–H groups in total. The number of ether oxygens (including phenoxy) is 1. The van der Waals surface area contributed by atoms with Gasteiger partial charge in [0.2, 0.25) is 0 Å². The fourth-order valence-corrected chi connectivity index (χ4v) is 3.82. The molecular formula is C23H23F3O3. The molecule has 1 aliphatic rings. The molecule has 0 amide bonds. The number of alkyl halides is 3. The minimum atomic E-state index is -4.41. The van der Waals surface area contributed by atoms with E-state index in [2.05, 4.69) is 0 Å². The summed E-state index contributed by atoms with van der Waals surface area (Å²) in [5, 5.41) is 0. The summed E-state index contributed by atoms with van der Waals surface area (Å²) in [6.45, 7) is 8.39. The lowest BCUT2D eigenvalue weighted by molar-refractivity contribution is -0.184. The second-order valence-corrected chi connectivity index (χ2v) is 8.43. The molecule has 1 heterocycles. The number of hydrogen-bond acceptors (Lipinski definition) is 3. The number of hydrogen-bond donors (Lipinski definition) is 0. The van der Waals surface area contributed by atoms with Crippen LogP contribution in [0.1, 0.15) is 50.3 Å². The van der Waals surface area contributed by atoms with Crippen molar-refractivity contribution in [2.45, 2.75) is 57.9 Å². The third kappa shape index (κ3) is 3.86. The zero-order valence-corrected chi connectivity index (χ0v) is 17.0. The Morgan fingerprint density at radius 2 is 1.31 bits per heavy atom. The average Bonchev–Trinajstić information content (AvgIpc) is 2.60. The van der Waals surface area contributed by atoms with E-state index in [0.29, 0.717) is 16.7 Å². The first-order chi connectivity index (χ1) is 13.2. The van der Waals surface area contributed by atoms with Gasteiger partial charge >= 0.3 is 6.18 Å². The van der Waals surface area contributed by atoms with Gasteiger partial charge in [0.25, 0.3) is 0 Å². The summed E-state index contributed by atoms with van der Waals surface area (Å²) in [5.74, 6) is -1.63. The first-order valence-corrected chi connectivity index (χ1v) is 9.31. The van der Waals surface area contributed by atoms with Crippen LogP contribution in [0.25, 0.3) is 11.1 Å². The largest absolute Gasteiger partial charge is 0.416 e. The predicted molar refractivity (Wildman–Crippen MR) is 104 cm³/mol. The van der Waals surface area contributed by atoms with Crippen molar-refractivity contribution >= 4 is 11.6 Å². The molecule has 0 radical (unpaired) electrons. The fraction of sp³-hybridized carbons (Fsp3) is 0.391. The van der Waals surface area contributed by atoms with Gasteiger partial charge in [0.1, 0.15) is 17.1 Å². The highest BCUT2D eigenvalue weighted by atomic mass is 19.4. The Hall–Kier alpha value is -2.47. The van der Waals surface area contributed by atoms with Crippen molar-refractivity contribution in [3.63, 3.8) is 0 Å². The van der Waals surface area contributed by atoms with Gasteiger partial charge in [-0.3, -0.25) is 9.59 Å². The molecule has 0 unspecified atom stereocenters. The standard InChI is InChI=1S/C23H23F3O3/c1-13-6-7-15(14-8-10-16(11-9-14)23(24,25)26)12-17(13)18-19(27)21(2,3)29-22(4,5)20(18)28/h6-12,18H,1-5H3. The van der Waals surface area contributed by atoms with Gasteiger partial charge in [-0.25, -0.2) is 0 Å². The molecule has 2 aromatic carbocycles. The molecule has 2 aromatic rings. The van der Waals surface area contributed by atoms with E-state index in [1.807, 2.05) is 6.92 Å². The van der Waals surface area contributed by atoms with Crippen LogP contribution in [0.4, 0.5) is 13.2 Å². The molecule has 1 saturated heterocycles. The molecule has 0 spiro atoms. The minimum absolute atomic E-state index is 0.325. The summed E-state index contributed by atoms with van der Waals surface area (Å²) >= 11 is 0. The van der Waals surface area contributed by atoms with Crippen LogP contribution in [0, 0.1) is 6.92 Å². The van der Waals surface area contributed by atoms with E-state index >= 15 is 0 Å². The Bertz CT molecular complexity index is 944. The second kappa shape index (κ2) is 6.80. The number of carbonyl (C=O) groups excluding carboxylic acids is 2. The van der Waals surface area contributed by atoms with Gasteiger partial charge in [0.15, 0.2) is 11.6 Å². The number of benzene rings is 2. The maximum Gasteiger partial charge on any atom is 0.416 e. The van der Waals surface area contributed by atoms with Crippen LogP contribution in [-0.4, -0.2) is 22.8 Å². The van der Waals surface area contributed by atoms with Crippen LogP contribution in [0.15, 0.2) is 42.5 Å². The molecule has 6 heteroatoms. The number of carbonyl (C=O) groups is 2. The molecule has 0 atom stereocenters. The maximum atomic E-state index is 13.0. The van der Waals surface area contributed by atoms with E-state index in [-0.39, 0.29) is 11.6 Å². The van der Waals surface area contributed by atoms with Gasteiger partial charge in [-0.05, 0) is 75.1 Å². The minimum Gasteiger partial charge on any atom is -0.354 e. The second-order valence-electron chi connectivity index (χ2n) is 8.43. The highest BCUT2D eigenvalue weighted by molar-refractivity contribution is 6.15. The highest BCUT2D eigenvalue weighted by Gasteiger charge is 2.53. The van der Waals surface area contributed by atoms with Crippen molar-refractivity contribution in [3.05, 3.63) is 59.2 Å². The third-order valence-electron chi connectivity index (χ3n) is 5.36. The van der Waals surface area contributed by atoms with E-state index in [1.54, 1.807) is 45.9 Å². The molecule has 3 nitrogen and oxygen atoms in total. The summed E-state index contributed by atoms with van der Waals surface area (Å²) in [5.41, 5.74) is -0.445. The number of ketones is 2. The van der Waals surface area contributed by atoms with Crippen molar-refractivity contribution in [2.75, 3.05) is 0 Å². The van der Waals surface area contributed by atoms with Crippen molar-refractivity contribution in [3.8, 4) is 11.1 Å². The zero-order chi connectivity index (χ0) is 21.8. The fourth-order valence-electron chi connectivity index (χ4n) is 3.82. The van der Waals surface area contributed by atoms with Crippen LogP contribution in [-0.2, 0) is 20.5 Å². The Morgan fingerprint density at radius 1 is 0.828 bits per heavy atom. The van der Waals surface area contributed by atoms with E-state index in [0.717, 1.165) is 17.7 Å². The molecule has 154 valence electrons. The molecule has 0 saturated carbocycles. The van der Waals surface area contributed by atoms with Gasteiger partial charge in [-0.1, -0.05) is 24.3 Å². The first-order valence-electron chi connectivity index (χ1n) is 9.31. The number of aryl methyl sites for hydroxylation is 1. The Labute approximate surface area is 167 Å². The molecule has 1 aliphatic heterocycles. The van der Waals surface area contributed by atoms with Crippen molar-refractivity contribution in [2.24, 2.45) is 0 Å². The summed E-state index contributed by atoms with van der Waals surface area (Å²) in [6, 6.07) is 10.1. The molecule has 3 rings (SSSR count). The van der Waals surface area contributed by atoms with E-state index in [1.165, 1.54) is 12.1 Å². The number of Topliss-reactive ketones (excluding diaryl/α,β-unsaturated/α-hetero) is 2. The third-order valence-corrected chi connectivity index (χ3v) is 5.36. The van der Waals surface area contributed by atoms with Crippen molar-refractivity contribution in [1.82, 2.24) is 0 Å². The molecule has 1 fully saturated rings. The molecule has 0 aliphatic carbocycles. The SMILES string of the molecule is Cc1ccc(-c2ccc(C(F)(F)F)cc2)cc1C1C(=O)C(C)(C)OC(C)(C)C1=O. The van der Waals surface area contributed by atoms with Gasteiger partial charge in [0, 0.05) is 0 Å². The predicted octanol–water partition coefficient (Wildman–Crippen LogP) is 5.49. The summed E-state index contributed by atoms with van der Waals surface area (Å²) < 4.78 is 44.2. The Kier molecular flexibility index (Phi) is 4.98.